The predicted molar refractivity (Wildman–Crippen MR) is 240 cm³/mol. The molecular formula is C55H39NO. The monoisotopic (exact) mass is 729 g/mol. The lowest BCUT2D eigenvalue weighted by Gasteiger charge is -2.30. The summed E-state index contributed by atoms with van der Waals surface area (Å²) in [6, 6.07) is 72.8. The molecule has 0 bridgehead atoms. The second-order valence-electron chi connectivity index (χ2n) is 15.7. The zero-order valence-electron chi connectivity index (χ0n) is 31.9. The fraction of sp³-hybridized carbons (Fsp3) is 0.0545. The van der Waals surface area contributed by atoms with E-state index in [2.05, 4.69) is 207 Å². The van der Waals surface area contributed by atoms with Gasteiger partial charge in [-0.3, -0.25) is 0 Å². The van der Waals surface area contributed by atoms with Crippen molar-refractivity contribution in [3.05, 3.63) is 211 Å². The minimum Gasteiger partial charge on any atom is -0.456 e. The molecule has 0 saturated carbocycles. The highest BCUT2D eigenvalue weighted by Gasteiger charge is 2.36. The SMILES string of the molecule is CC1(C)c2ccccc2-c2ccc(N(c3ccc(-c4ccc5c(c4)oc4ccccc45)cc3)c3ccccc3-c3cccc(-c4cccc5ccccc45)c3)cc21. The highest BCUT2D eigenvalue weighted by atomic mass is 16.3. The van der Waals surface area contributed by atoms with E-state index in [4.69, 9.17) is 4.42 Å². The third kappa shape index (κ3) is 5.40. The molecule has 0 fully saturated rings. The molecule has 2 heteroatoms. The Kier molecular flexibility index (Phi) is 7.55. The normalized spacial score (nSPS) is 12.9. The van der Waals surface area contributed by atoms with E-state index in [1.807, 2.05) is 12.1 Å². The summed E-state index contributed by atoms with van der Waals surface area (Å²) in [6.07, 6.45) is 0. The van der Waals surface area contributed by atoms with Crippen molar-refractivity contribution < 1.29 is 4.42 Å². The molecule has 0 aliphatic heterocycles. The summed E-state index contributed by atoms with van der Waals surface area (Å²) in [7, 11) is 0. The van der Waals surface area contributed by atoms with Crippen LogP contribution < -0.4 is 4.90 Å². The van der Waals surface area contributed by atoms with Crippen LogP contribution in [0.15, 0.2) is 205 Å². The Balaban J connectivity index is 1.06. The molecule has 1 aliphatic carbocycles. The van der Waals surface area contributed by atoms with Crippen LogP contribution in [0.3, 0.4) is 0 Å². The minimum atomic E-state index is -0.126. The first kappa shape index (κ1) is 33.2. The molecule has 2 nitrogen and oxygen atoms in total. The van der Waals surface area contributed by atoms with Crippen molar-refractivity contribution >= 4 is 49.8 Å². The summed E-state index contributed by atoms with van der Waals surface area (Å²) in [5.74, 6) is 0. The lowest BCUT2D eigenvalue weighted by Crippen LogP contribution is -2.16. The first-order valence-electron chi connectivity index (χ1n) is 19.8. The van der Waals surface area contributed by atoms with Crippen LogP contribution in [0.2, 0.25) is 0 Å². The molecule has 0 unspecified atom stereocenters. The van der Waals surface area contributed by atoms with Crippen molar-refractivity contribution in [3.63, 3.8) is 0 Å². The van der Waals surface area contributed by atoms with Crippen molar-refractivity contribution in [2.24, 2.45) is 0 Å². The van der Waals surface area contributed by atoms with E-state index < -0.39 is 0 Å². The molecule has 0 spiro atoms. The quantitative estimate of drug-likeness (QED) is 0.169. The van der Waals surface area contributed by atoms with Crippen LogP contribution in [-0.2, 0) is 5.41 Å². The molecule has 0 N–H and O–H groups in total. The highest BCUT2D eigenvalue weighted by molar-refractivity contribution is 6.06. The molecule has 270 valence electrons. The zero-order chi connectivity index (χ0) is 38.1. The second kappa shape index (κ2) is 13.0. The Morgan fingerprint density at radius 3 is 1.86 bits per heavy atom. The number of benzene rings is 9. The Morgan fingerprint density at radius 1 is 0.368 bits per heavy atom. The van der Waals surface area contributed by atoms with Crippen molar-refractivity contribution in [1.29, 1.82) is 0 Å². The first-order chi connectivity index (χ1) is 28.0. The number of anilines is 3. The van der Waals surface area contributed by atoms with Crippen LogP contribution in [0.4, 0.5) is 17.1 Å². The molecule has 1 aliphatic rings. The lowest BCUT2D eigenvalue weighted by atomic mass is 9.82. The second-order valence-corrected chi connectivity index (χ2v) is 15.7. The fourth-order valence-corrected chi connectivity index (χ4v) is 9.21. The molecule has 0 radical (unpaired) electrons. The molecular weight excluding hydrogens is 691 g/mol. The van der Waals surface area contributed by atoms with E-state index in [1.165, 1.54) is 55.3 Å². The summed E-state index contributed by atoms with van der Waals surface area (Å²) in [4.78, 5) is 2.44. The average Bonchev–Trinajstić information content (AvgIpc) is 3.75. The average molecular weight is 730 g/mol. The summed E-state index contributed by atoms with van der Waals surface area (Å²) in [5.41, 5.74) is 17.4. The fourth-order valence-electron chi connectivity index (χ4n) is 9.21. The molecule has 10 aromatic rings. The van der Waals surface area contributed by atoms with Gasteiger partial charge in [0.25, 0.3) is 0 Å². The van der Waals surface area contributed by atoms with Crippen molar-refractivity contribution in [1.82, 2.24) is 0 Å². The zero-order valence-corrected chi connectivity index (χ0v) is 31.9. The largest absolute Gasteiger partial charge is 0.456 e. The number of hydrogen-bond donors (Lipinski definition) is 0. The minimum absolute atomic E-state index is 0.126. The van der Waals surface area contributed by atoms with E-state index in [0.29, 0.717) is 0 Å². The van der Waals surface area contributed by atoms with E-state index in [9.17, 15) is 0 Å². The number of nitrogens with zero attached hydrogens (tertiary/aromatic N) is 1. The third-order valence-electron chi connectivity index (χ3n) is 12.1. The highest BCUT2D eigenvalue weighted by Crippen LogP contribution is 2.51. The molecule has 0 atom stereocenters. The molecule has 1 aromatic heterocycles. The van der Waals surface area contributed by atoms with Gasteiger partial charge in [0, 0.05) is 33.1 Å². The first-order valence-corrected chi connectivity index (χ1v) is 19.8. The van der Waals surface area contributed by atoms with Crippen LogP contribution in [0.5, 0.6) is 0 Å². The summed E-state index contributed by atoms with van der Waals surface area (Å²) >= 11 is 0. The van der Waals surface area contributed by atoms with Gasteiger partial charge >= 0.3 is 0 Å². The van der Waals surface area contributed by atoms with Crippen molar-refractivity contribution in [2.75, 3.05) is 4.90 Å². The van der Waals surface area contributed by atoms with Gasteiger partial charge in [0.05, 0.1) is 5.69 Å². The molecule has 57 heavy (non-hydrogen) atoms. The number of fused-ring (bicyclic) bond motifs is 7. The molecule has 11 rings (SSSR count). The van der Waals surface area contributed by atoms with Crippen LogP contribution in [0.25, 0.3) is 77.2 Å². The summed E-state index contributed by atoms with van der Waals surface area (Å²) in [6.45, 7) is 4.71. The Bertz CT molecular complexity index is 3160. The van der Waals surface area contributed by atoms with Gasteiger partial charge in [-0.1, -0.05) is 159 Å². The molecule has 0 amide bonds. The smallest absolute Gasteiger partial charge is 0.136 e. The molecule has 9 aromatic carbocycles. The van der Waals surface area contributed by atoms with E-state index >= 15 is 0 Å². The van der Waals surface area contributed by atoms with Gasteiger partial charge in [0.2, 0.25) is 0 Å². The van der Waals surface area contributed by atoms with Gasteiger partial charge in [-0.2, -0.15) is 0 Å². The van der Waals surface area contributed by atoms with Gasteiger partial charge in [-0.15, -0.1) is 0 Å². The van der Waals surface area contributed by atoms with Gasteiger partial charge in [0.15, 0.2) is 0 Å². The molecule has 1 heterocycles. The number of rotatable bonds is 6. The summed E-state index contributed by atoms with van der Waals surface area (Å²) < 4.78 is 6.27. The summed E-state index contributed by atoms with van der Waals surface area (Å²) in [5, 5.41) is 4.79. The Hall–Kier alpha value is -7.16. The third-order valence-corrected chi connectivity index (χ3v) is 12.1. The van der Waals surface area contributed by atoms with Gasteiger partial charge < -0.3 is 9.32 Å². The van der Waals surface area contributed by atoms with Gasteiger partial charge in [-0.25, -0.2) is 0 Å². The molecule has 0 saturated heterocycles. The van der Waals surface area contributed by atoms with Crippen LogP contribution in [0.1, 0.15) is 25.0 Å². The van der Waals surface area contributed by atoms with Crippen LogP contribution in [0, 0.1) is 0 Å². The van der Waals surface area contributed by atoms with Gasteiger partial charge in [-0.05, 0) is 115 Å². The number of para-hydroxylation sites is 2. The number of furan rings is 1. The van der Waals surface area contributed by atoms with E-state index in [1.54, 1.807) is 0 Å². The maximum Gasteiger partial charge on any atom is 0.136 e. The van der Waals surface area contributed by atoms with Gasteiger partial charge in [0.1, 0.15) is 11.2 Å². The lowest BCUT2D eigenvalue weighted by molar-refractivity contribution is 0.660. The van der Waals surface area contributed by atoms with Crippen molar-refractivity contribution in [3.8, 4) is 44.5 Å². The number of hydrogen-bond acceptors (Lipinski definition) is 2. The standard InChI is InChI=1S/C55H39NO/c1-55(2)50-22-8-5-19-46(50)47-32-30-42(35-51(47)55)56(41-28-25-36(26-29-41)38-27-31-49-48-20-7-10-24-53(48)57-54(49)34-38)52-23-9-6-18-45(52)40-16-11-15-39(33-40)44-21-12-14-37-13-3-4-17-43(37)44/h3-35H,1-2H3. The van der Waals surface area contributed by atoms with Crippen molar-refractivity contribution in [2.45, 2.75) is 19.3 Å². The maximum absolute atomic E-state index is 6.27. The maximum atomic E-state index is 6.27. The predicted octanol–water partition coefficient (Wildman–Crippen LogP) is 15.5. The topological polar surface area (TPSA) is 16.4 Å². The van der Waals surface area contributed by atoms with Crippen LogP contribution >= 0.6 is 0 Å². The van der Waals surface area contributed by atoms with E-state index in [-0.39, 0.29) is 5.41 Å². The van der Waals surface area contributed by atoms with E-state index in [0.717, 1.165) is 50.1 Å². The van der Waals surface area contributed by atoms with Crippen LogP contribution in [-0.4, -0.2) is 0 Å². The Morgan fingerprint density at radius 2 is 0.982 bits per heavy atom. The Labute approximate surface area is 332 Å².